The van der Waals surface area contributed by atoms with E-state index in [1.54, 1.807) is 0 Å². The van der Waals surface area contributed by atoms with Crippen LogP contribution in [0, 0.1) is 5.92 Å². The first-order valence-electron chi connectivity index (χ1n) is 10.3. The number of urea groups is 1. The van der Waals surface area contributed by atoms with Gasteiger partial charge in [0.05, 0.1) is 5.69 Å². The van der Waals surface area contributed by atoms with Crippen molar-refractivity contribution in [3.8, 4) is 10.6 Å². The smallest absolute Gasteiger partial charge is 0.319 e. The van der Waals surface area contributed by atoms with Gasteiger partial charge in [0, 0.05) is 10.9 Å². The molecule has 1 heterocycles. The Morgan fingerprint density at radius 2 is 1.56 bits per heavy atom. The Bertz CT molecular complexity index is 1230. The van der Waals surface area contributed by atoms with Gasteiger partial charge in [-0.15, -0.1) is 10.2 Å². The summed E-state index contributed by atoms with van der Waals surface area (Å²) in [6.45, 7) is 3.75. The summed E-state index contributed by atoms with van der Waals surface area (Å²) in [7, 11) is 0. The maximum absolute atomic E-state index is 12.9. The topological polar surface area (TPSA) is 96.0 Å². The van der Waals surface area contributed by atoms with Crippen LogP contribution in [-0.4, -0.2) is 28.2 Å². The molecule has 4 aromatic rings. The largest absolute Gasteiger partial charge is 0.326 e. The Balaban J connectivity index is 1.43. The van der Waals surface area contributed by atoms with Gasteiger partial charge in [0.15, 0.2) is 0 Å². The van der Waals surface area contributed by atoms with Crippen molar-refractivity contribution in [3.63, 3.8) is 0 Å². The summed E-state index contributed by atoms with van der Waals surface area (Å²) in [5.41, 5.74) is 1.61. The van der Waals surface area contributed by atoms with E-state index in [-0.39, 0.29) is 11.8 Å². The number of anilines is 2. The maximum Gasteiger partial charge on any atom is 0.319 e. The van der Waals surface area contributed by atoms with Crippen molar-refractivity contribution in [2.75, 3.05) is 10.6 Å². The molecule has 7 nitrogen and oxygen atoms in total. The molecule has 0 bridgehead atoms. The highest BCUT2D eigenvalue weighted by molar-refractivity contribution is 7.18. The number of carbonyl (C=O) groups is 2. The summed E-state index contributed by atoms with van der Waals surface area (Å²) in [5, 5.41) is 19.7. The first-order chi connectivity index (χ1) is 15.5. The third kappa shape index (κ3) is 4.92. The van der Waals surface area contributed by atoms with Crippen molar-refractivity contribution in [2.24, 2.45) is 5.92 Å². The van der Waals surface area contributed by atoms with Gasteiger partial charge < -0.3 is 10.6 Å². The molecule has 1 unspecified atom stereocenters. The van der Waals surface area contributed by atoms with Crippen LogP contribution in [-0.2, 0) is 4.79 Å². The van der Waals surface area contributed by atoms with Crippen LogP contribution in [0.2, 0.25) is 0 Å². The van der Waals surface area contributed by atoms with Gasteiger partial charge in [0.25, 0.3) is 0 Å². The molecule has 0 aliphatic carbocycles. The average molecular weight is 446 g/mol. The molecule has 32 heavy (non-hydrogen) atoms. The van der Waals surface area contributed by atoms with E-state index in [0.717, 1.165) is 16.3 Å². The normalized spacial score (nSPS) is 11.8. The molecule has 3 amide bonds. The number of amides is 3. The van der Waals surface area contributed by atoms with Gasteiger partial charge in [-0.2, -0.15) is 0 Å². The van der Waals surface area contributed by atoms with E-state index in [1.807, 2.05) is 86.6 Å². The molecule has 0 saturated carbocycles. The van der Waals surface area contributed by atoms with Gasteiger partial charge >= 0.3 is 6.03 Å². The highest BCUT2D eigenvalue weighted by Gasteiger charge is 2.25. The summed E-state index contributed by atoms with van der Waals surface area (Å²) < 4.78 is 0. The van der Waals surface area contributed by atoms with Gasteiger partial charge in [0.2, 0.25) is 11.0 Å². The number of rotatable bonds is 6. The van der Waals surface area contributed by atoms with Crippen molar-refractivity contribution in [3.05, 3.63) is 72.8 Å². The first-order valence-corrected chi connectivity index (χ1v) is 11.1. The van der Waals surface area contributed by atoms with Crippen molar-refractivity contribution in [1.82, 2.24) is 15.5 Å². The van der Waals surface area contributed by atoms with E-state index < -0.39 is 12.1 Å². The summed E-state index contributed by atoms with van der Waals surface area (Å²) in [6, 6.07) is 21.9. The molecule has 1 atom stereocenters. The molecule has 4 rings (SSSR count). The number of hydrogen-bond acceptors (Lipinski definition) is 5. The van der Waals surface area contributed by atoms with E-state index in [0.29, 0.717) is 15.8 Å². The van der Waals surface area contributed by atoms with E-state index >= 15 is 0 Å². The lowest BCUT2D eigenvalue weighted by molar-refractivity contribution is -0.118. The minimum Gasteiger partial charge on any atom is -0.326 e. The fraction of sp³-hybridized carbons (Fsp3) is 0.167. The molecule has 0 radical (unpaired) electrons. The number of nitrogens with zero attached hydrogens (tertiary/aromatic N) is 2. The van der Waals surface area contributed by atoms with E-state index in [4.69, 9.17) is 0 Å². The van der Waals surface area contributed by atoms with Crippen molar-refractivity contribution in [1.29, 1.82) is 0 Å². The van der Waals surface area contributed by atoms with Crippen molar-refractivity contribution >= 4 is 44.9 Å². The lowest BCUT2D eigenvalue weighted by Gasteiger charge is -2.21. The molecule has 1 aromatic heterocycles. The Kier molecular flexibility index (Phi) is 6.42. The predicted octanol–water partition coefficient (Wildman–Crippen LogP) is 5.14. The second-order valence-corrected chi connectivity index (χ2v) is 8.59. The highest BCUT2D eigenvalue weighted by atomic mass is 32.1. The number of aromatic nitrogens is 2. The summed E-state index contributed by atoms with van der Waals surface area (Å²) in [6.07, 6.45) is 0. The predicted molar refractivity (Wildman–Crippen MR) is 129 cm³/mol. The number of carbonyl (C=O) groups excluding carboxylic acids is 2. The standard InChI is InChI=1S/C24H23N5O2S/c1-15(2)20(21(30)27-24-29-28-22(32-24)17-10-4-3-5-11-17)26-23(31)25-19-14-8-12-16-9-6-7-13-18(16)19/h3-15,20H,1-2H3,(H2,25,26,31)(H,27,29,30). The van der Waals surface area contributed by atoms with Gasteiger partial charge in [-0.3, -0.25) is 10.1 Å². The molecule has 0 aliphatic rings. The second-order valence-electron chi connectivity index (χ2n) is 7.61. The minimum atomic E-state index is -0.742. The molecule has 8 heteroatoms. The van der Waals surface area contributed by atoms with Crippen LogP contribution in [0.25, 0.3) is 21.3 Å². The highest BCUT2D eigenvalue weighted by Crippen LogP contribution is 2.26. The van der Waals surface area contributed by atoms with Crippen LogP contribution < -0.4 is 16.0 Å². The number of hydrogen-bond donors (Lipinski definition) is 3. The Morgan fingerprint density at radius 3 is 2.34 bits per heavy atom. The third-order valence-corrected chi connectivity index (χ3v) is 5.84. The van der Waals surface area contributed by atoms with Crippen LogP contribution in [0.3, 0.4) is 0 Å². The molecule has 0 spiro atoms. The molecular formula is C24H23N5O2S. The molecular weight excluding hydrogens is 422 g/mol. The maximum atomic E-state index is 12.9. The van der Waals surface area contributed by atoms with Gasteiger partial charge in [-0.05, 0) is 17.4 Å². The van der Waals surface area contributed by atoms with Crippen LogP contribution in [0.15, 0.2) is 72.8 Å². The van der Waals surface area contributed by atoms with E-state index in [2.05, 4.69) is 26.1 Å². The summed E-state index contributed by atoms with van der Waals surface area (Å²) in [5.74, 6) is -0.474. The van der Waals surface area contributed by atoms with Crippen LogP contribution in [0.4, 0.5) is 15.6 Å². The monoisotopic (exact) mass is 445 g/mol. The van der Waals surface area contributed by atoms with Gasteiger partial charge in [0.1, 0.15) is 11.0 Å². The molecule has 0 saturated heterocycles. The van der Waals surface area contributed by atoms with Crippen LogP contribution in [0.1, 0.15) is 13.8 Å². The molecule has 3 aromatic carbocycles. The quantitative estimate of drug-likeness (QED) is 0.383. The second kappa shape index (κ2) is 9.57. The summed E-state index contributed by atoms with van der Waals surface area (Å²) in [4.78, 5) is 25.6. The third-order valence-electron chi connectivity index (χ3n) is 4.95. The molecule has 0 aliphatic heterocycles. The molecule has 3 N–H and O–H groups in total. The number of benzene rings is 3. The Hall–Kier alpha value is -3.78. The van der Waals surface area contributed by atoms with Crippen molar-refractivity contribution < 1.29 is 9.59 Å². The van der Waals surface area contributed by atoms with Crippen molar-refractivity contribution in [2.45, 2.75) is 19.9 Å². The Labute approximate surface area is 189 Å². The SMILES string of the molecule is CC(C)C(NC(=O)Nc1cccc2ccccc12)C(=O)Nc1nnc(-c2ccccc2)s1. The van der Waals surface area contributed by atoms with Crippen LogP contribution >= 0.6 is 11.3 Å². The van der Waals surface area contributed by atoms with E-state index in [1.165, 1.54) is 11.3 Å². The van der Waals surface area contributed by atoms with Gasteiger partial charge in [-0.25, -0.2) is 4.79 Å². The average Bonchev–Trinajstić information content (AvgIpc) is 3.26. The minimum absolute atomic E-state index is 0.130. The zero-order valence-electron chi connectivity index (χ0n) is 17.7. The summed E-state index contributed by atoms with van der Waals surface area (Å²) >= 11 is 1.28. The molecule has 0 fully saturated rings. The van der Waals surface area contributed by atoms with Crippen LogP contribution in [0.5, 0.6) is 0 Å². The van der Waals surface area contributed by atoms with Gasteiger partial charge in [-0.1, -0.05) is 91.9 Å². The number of fused-ring (bicyclic) bond motifs is 1. The lowest BCUT2D eigenvalue weighted by atomic mass is 10.0. The zero-order chi connectivity index (χ0) is 22.5. The molecule has 162 valence electrons. The number of nitrogens with one attached hydrogen (secondary N) is 3. The fourth-order valence-electron chi connectivity index (χ4n) is 3.32. The van der Waals surface area contributed by atoms with E-state index in [9.17, 15) is 9.59 Å². The Morgan fingerprint density at radius 1 is 0.844 bits per heavy atom. The first kappa shape index (κ1) is 21.5. The zero-order valence-corrected chi connectivity index (χ0v) is 18.5. The lowest BCUT2D eigenvalue weighted by Crippen LogP contribution is -2.48. The fourth-order valence-corrected chi connectivity index (χ4v) is 4.08.